The molecule has 2 aromatic rings. The summed E-state index contributed by atoms with van der Waals surface area (Å²) < 4.78 is 5.77. The fraction of sp³-hybridized carbons (Fsp3) is 0.417. The van der Waals surface area contributed by atoms with Crippen molar-refractivity contribution in [2.24, 2.45) is 0 Å². The molecule has 5 nitrogen and oxygen atoms in total. The summed E-state index contributed by atoms with van der Waals surface area (Å²) in [5, 5.41) is 0. The second-order valence-electron chi connectivity index (χ2n) is 7.35. The highest BCUT2D eigenvalue weighted by Gasteiger charge is 2.22. The first-order chi connectivity index (χ1) is 14.2. The molecule has 2 amide bonds. The number of hydrogen-bond acceptors (Lipinski definition) is 3. The SMILES string of the molecule is CCc1ccccc1OCC(=O)N1CCCN(C(=O)CCc2ccccc2)CC1. The maximum absolute atomic E-state index is 12.6. The summed E-state index contributed by atoms with van der Waals surface area (Å²) in [5.41, 5.74) is 2.28. The van der Waals surface area contributed by atoms with E-state index in [9.17, 15) is 9.59 Å². The lowest BCUT2D eigenvalue weighted by atomic mass is 10.1. The van der Waals surface area contributed by atoms with Gasteiger partial charge in [-0.05, 0) is 36.5 Å². The van der Waals surface area contributed by atoms with Gasteiger partial charge in [-0.2, -0.15) is 0 Å². The normalized spacial score (nSPS) is 14.4. The Bertz CT molecular complexity index is 807. The van der Waals surface area contributed by atoms with E-state index in [-0.39, 0.29) is 18.4 Å². The molecule has 5 heteroatoms. The van der Waals surface area contributed by atoms with Gasteiger partial charge in [0.15, 0.2) is 6.61 Å². The average Bonchev–Trinajstić information content (AvgIpc) is 3.03. The van der Waals surface area contributed by atoms with Crippen molar-refractivity contribution in [1.82, 2.24) is 9.80 Å². The molecule has 0 unspecified atom stereocenters. The Kier molecular flexibility index (Phi) is 7.68. The summed E-state index contributed by atoms with van der Waals surface area (Å²) in [6.45, 7) is 4.64. The average molecular weight is 395 g/mol. The van der Waals surface area contributed by atoms with E-state index >= 15 is 0 Å². The van der Waals surface area contributed by atoms with E-state index in [4.69, 9.17) is 4.74 Å². The first kappa shape index (κ1) is 20.9. The Labute approximate surface area is 173 Å². The van der Waals surface area contributed by atoms with Gasteiger partial charge < -0.3 is 14.5 Å². The molecule has 0 saturated carbocycles. The van der Waals surface area contributed by atoms with E-state index in [1.807, 2.05) is 64.4 Å². The second kappa shape index (κ2) is 10.6. The molecule has 0 radical (unpaired) electrons. The van der Waals surface area contributed by atoms with E-state index in [0.29, 0.717) is 32.6 Å². The van der Waals surface area contributed by atoms with E-state index in [2.05, 4.69) is 6.92 Å². The largest absolute Gasteiger partial charge is 0.483 e. The lowest BCUT2D eigenvalue weighted by Crippen LogP contribution is -2.39. The number of aryl methyl sites for hydroxylation is 2. The van der Waals surface area contributed by atoms with Gasteiger partial charge in [-0.3, -0.25) is 9.59 Å². The van der Waals surface area contributed by atoms with E-state index in [1.165, 1.54) is 5.56 Å². The lowest BCUT2D eigenvalue weighted by molar-refractivity contribution is -0.134. The van der Waals surface area contributed by atoms with Gasteiger partial charge in [0.2, 0.25) is 5.91 Å². The van der Waals surface area contributed by atoms with Crippen molar-refractivity contribution in [2.75, 3.05) is 32.8 Å². The number of para-hydroxylation sites is 1. The van der Waals surface area contributed by atoms with Crippen LogP contribution in [0.25, 0.3) is 0 Å². The molecule has 1 aliphatic heterocycles. The molecule has 1 heterocycles. The first-order valence-electron chi connectivity index (χ1n) is 10.5. The number of carbonyl (C=O) groups excluding carboxylic acids is 2. The monoisotopic (exact) mass is 394 g/mol. The molecule has 0 atom stereocenters. The zero-order valence-electron chi connectivity index (χ0n) is 17.2. The Balaban J connectivity index is 1.46. The number of nitrogens with zero attached hydrogens (tertiary/aromatic N) is 2. The molecular formula is C24H30N2O3. The second-order valence-corrected chi connectivity index (χ2v) is 7.35. The highest BCUT2D eigenvalue weighted by Crippen LogP contribution is 2.18. The third kappa shape index (κ3) is 6.08. The predicted molar refractivity (Wildman–Crippen MR) is 114 cm³/mol. The van der Waals surface area contributed by atoms with Gasteiger partial charge in [0.05, 0.1) is 0 Å². The highest BCUT2D eigenvalue weighted by atomic mass is 16.5. The lowest BCUT2D eigenvalue weighted by Gasteiger charge is -2.22. The van der Waals surface area contributed by atoms with Crippen molar-refractivity contribution in [2.45, 2.75) is 32.6 Å². The summed E-state index contributed by atoms with van der Waals surface area (Å²) in [6, 6.07) is 17.9. The number of benzene rings is 2. The molecule has 0 spiro atoms. The van der Waals surface area contributed by atoms with Crippen LogP contribution in [0.1, 0.15) is 30.9 Å². The minimum absolute atomic E-state index is 0.0190. The highest BCUT2D eigenvalue weighted by molar-refractivity contribution is 5.79. The number of hydrogen-bond donors (Lipinski definition) is 0. The van der Waals surface area contributed by atoms with E-state index in [1.54, 1.807) is 0 Å². The minimum atomic E-state index is -0.0190. The molecule has 3 rings (SSSR count). The van der Waals surface area contributed by atoms with Crippen LogP contribution in [0, 0.1) is 0 Å². The van der Waals surface area contributed by atoms with E-state index < -0.39 is 0 Å². The third-order valence-electron chi connectivity index (χ3n) is 5.38. The zero-order valence-corrected chi connectivity index (χ0v) is 17.2. The molecule has 2 aromatic carbocycles. The minimum Gasteiger partial charge on any atom is -0.483 e. The Hall–Kier alpha value is -2.82. The Morgan fingerprint density at radius 1 is 0.862 bits per heavy atom. The van der Waals surface area contributed by atoms with Crippen LogP contribution in [-0.2, 0) is 22.4 Å². The number of ether oxygens (including phenoxy) is 1. The van der Waals surface area contributed by atoms with Gasteiger partial charge in [0.1, 0.15) is 5.75 Å². The van der Waals surface area contributed by atoms with Crippen LogP contribution in [-0.4, -0.2) is 54.4 Å². The maximum Gasteiger partial charge on any atom is 0.260 e. The van der Waals surface area contributed by atoms with Crippen LogP contribution in [0.2, 0.25) is 0 Å². The van der Waals surface area contributed by atoms with Crippen LogP contribution in [0.3, 0.4) is 0 Å². The van der Waals surface area contributed by atoms with Gasteiger partial charge in [0, 0.05) is 32.6 Å². The molecule has 0 bridgehead atoms. The Morgan fingerprint density at radius 3 is 2.24 bits per heavy atom. The van der Waals surface area contributed by atoms with Crippen molar-refractivity contribution in [3.63, 3.8) is 0 Å². The Morgan fingerprint density at radius 2 is 1.52 bits per heavy atom. The summed E-state index contributed by atoms with van der Waals surface area (Å²) in [6.07, 6.45) is 2.93. The molecule has 29 heavy (non-hydrogen) atoms. The molecular weight excluding hydrogens is 364 g/mol. The van der Waals surface area contributed by atoms with Crippen molar-refractivity contribution in [3.05, 3.63) is 65.7 Å². The first-order valence-corrected chi connectivity index (χ1v) is 10.5. The molecule has 0 aromatic heterocycles. The van der Waals surface area contributed by atoms with Gasteiger partial charge in [-0.15, -0.1) is 0 Å². The zero-order chi connectivity index (χ0) is 20.5. The maximum atomic E-state index is 12.6. The number of rotatable bonds is 7. The van der Waals surface area contributed by atoms with Crippen molar-refractivity contribution >= 4 is 11.8 Å². The quantitative estimate of drug-likeness (QED) is 0.724. The summed E-state index contributed by atoms with van der Waals surface area (Å²) >= 11 is 0. The van der Waals surface area contributed by atoms with Crippen molar-refractivity contribution in [3.8, 4) is 5.75 Å². The summed E-state index contributed by atoms with van der Waals surface area (Å²) in [4.78, 5) is 28.9. The number of carbonyl (C=O) groups is 2. The van der Waals surface area contributed by atoms with Gasteiger partial charge in [-0.1, -0.05) is 55.5 Å². The predicted octanol–water partition coefficient (Wildman–Crippen LogP) is 3.32. The molecule has 154 valence electrons. The summed E-state index contributed by atoms with van der Waals surface area (Å²) in [5.74, 6) is 0.918. The molecule has 1 saturated heterocycles. The van der Waals surface area contributed by atoms with Crippen LogP contribution < -0.4 is 4.74 Å². The third-order valence-corrected chi connectivity index (χ3v) is 5.38. The molecule has 1 fully saturated rings. The molecule has 1 aliphatic rings. The van der Waals surface area contributed by atoms with Crippen LogP contribution in [0.15, 0.2) is 54.6 Å². The van der Waals surface area contributed by atoms with Crippen molar-refractivity contribution in [1.29, 1.82) is 0 Å². The van der Waals surface area contributed by atoms with E-state index in [0.717, 1.165) is 30.6 Å². The van der Waals surface area contributed by atoms with Crippen LogP contribution >= 0.6 is 0 Å². The van der Waals surface area contributed by atoms with Gasteiger partial charge in [-0.25, -0.2) is 0 Å². The molecule has 0 N–H and O–H groups in total. The van der Waals surface area contributed by atoms with Gasteiger partial charge >= 0.3 is 0 Å². The standard InChI is InChI=1S/C24H30N2O3/c1-2-21-11-6-7-12-22(21)29-19-24(28)26-16-8-15-25(17-18-26)23(27)14-13-20-9-4-3-5-10-20/h3-7,9-12H,2,8,13-19H2,1H3. The summed E-state index contributed by atoms with van der Waals surface area (Å²) in [7, 11) is 0. The smallest absolute Gasteiger partial charge is 0.260 e. The molecule has 0 aliphatic carbocycles. The number of amides is 2. The van der Waals surface area contributed by atoms with Gasteiger partial charge in [0.25, 0.3) is 5.91 Å². The van der Waals surface area contributed by atoms with Crippen LogP contribution in [0.4, 0.5) is 0 Å². The topological polar surface area (TPSA) is 49.9 Å². The fourth-order valence-electron chi connectivity index (χ4n) is 3.64. The van der Waals surface area contributed by atoms with Crippen LogP contribution in [0.5, 0.6) is 5.75 Å². The fourth-order valence-corrected chi connectivity index (χ4v) is 3.64. The van der Waals surface area contributed by atoms with Crippen molar-refractivity contribution < 1.29 is 14.3 Å².